The van der Waals surface area contributed by atoms with Gasteiger partial charge in [0.05, 0.1) is 11.9 Å². The molecule has 0 radical (unpaired) electrons. The van der Waals surface area contributed by atoms with Crippen LogP contribution in [-0.2, 0) is 22.1 Å². The molecule has 0 amide bonds. The molecule has 15 heavy (non-hydrogen) atoms. The van der Waals surface area contributed by atoms with Crippen molar-refractivity contribution in [3.8, 4) is 0 Å². The van der Waals surface area contributed by atoms with Crippen LogP contribution in [0.2, 0.25) is 0 Å². The standard InChI is InChI=1S/C9H17N3O3/c1-9(13,5-8(14-3)15-4)7-6-10-11-12(7)2/h6,8,13H,5H2,1-4H3. The molecular weight excluding hydrogens is 198 g/mol. The first-order chi connectivity index (χ1) is 7.01. The zero-order chi connectivity index (χ0) is 11.5. The fourth-order valence-electron chi connectivity index (χ4n) is 1.47. The highest BCUT2D eigenvalue weighted by molar-refractivity contribution is 5.06. The molecule has 1 unspecified atom stereocenters. The van der Waals surface area contributed by atoms with Gasteiger partial charge in [0, 0.05) is 27.7 Å². The lowest BCUT2D eigenvalue weighted by molar-refractivity contribution is -0.143. The van der Waals surface area contributed by atoms with Crippen molar-refractivity contribution in [3.05, 3.63) is 11.9 Å². The van der Waals surface area contributed by atoms with E-state index in [0.717, 1.165) is 0 Å². The first-order valence-corrected chi connectivity index (χ1v) is 4.64. The molecule has 1 aromatic heterocycles. The summed E-state index contributed by atoms with van der Waals surface area (Å²) in [5.74, 6) is 0. The van der Waals surface area contributed by atoms with Gasteiger partial charge < -0.3 is 14.6 Å². The monoisotopic (exact) mass is 215 g/mol. The Bertz CT molecular complexity index is 307. The van der Waals surface area contributed by atoms with E-state index in [0.29, 0.717) is 12.1 Å². The van der Waals surface area contributed by atoms with Crippen LogP contribution in [0.1, 0.15) is 19.0 Å². The molecule has 1 rings (SSSR count). The molecule has 1 heterocycles. The van der Waals surface area contributed by atoms with E-state index in [1.54, 1.807) is 14.0 Å². The smallest absolute Gasteiger partial charge is 0.159 e. The van der Waals surface area contributed by atoms with E-state index < -0.39 is 11.9 Å². The number of methoxy groups -OCH3 is 2. The van der Waals surface area contributed by atoms with Gasteiger partial charge in [-0.05, 0) is 6.92 Å². The Balaban J connectivity index is 2.79. The maximum Gasteiger partial charge on any atom is 0.159 e. The zero-order valence-corrected chi connectivity index (χ0v) is 9.47. The third-order valence-corrected chi connectivity index (χ3v) is 2.36. The normalized spacial score (nSPS) is 15.6. The number of hydrogen-bond acceptors (Lipinski definition) is 5. The zero-order valence-electron chi connectivity index (χ0n) is 9.47. The molecule has 86 valence electrons. The van der Waals surface area contributed by atoms with E-state index in [4.69, 9.17) is 9.47 Å². The summed E-state index contributed by atoms with van der Waals surface area (Å²) < 4.78 is 11.6. The van der Waals surface area contributed by atoms with Crippen molar-refractivity contribution in [3.63, 3.8) is 0 Å². The minimum Gasteiger partial charge on any atom is -0.384 e. The lowest BCUT2D eigenvalue weighted by Gasteiger charge is -2.26. The number of ether oxygens (including phenoxy) is 2. The molecule has 0 aliphatic heterocycles. The van der Waals surface area contributed by atoms with E-state index in [1.165, 1.54) is 25.1 Å². The van der Waals surface area contributed by atoms with Gasteiger partial charge >= 0.3 is 0 Å². The van der Waals surface area contributed by atoms with Crippen molar-refractivity contribution in [2.75, 3.05) is 14.2 Å². The third-order valence-electron chi connectivity index (χ3n) is 2.36. The molecule has 0 saturated heterocycles. The molecule has 1 N–H and O–H groups in total. The minimum absolute atomic E-state index is 0.321. The van der Waals surface area contributed by atoms with Crippen LogP contribution in [0, 0.1) is 0 Å². The van der Waals surface area contributed by atoms with E-state index in [1.807, 2.05) is 0 Å². The van der Waals surface area contributed by atoms with Crippen molar-refractivity contribution in [1.82, 2.24) is 15.0 Å². The van der Waals surface area contributed by atoms with Crippen LogP contribution in [0.4, 0.5) is 0 Å². The summed E-state index contributed by atoms with van der Waals surface area (Å²) in [6, 6.07) is 0. The lowest BCUT2D eigenvalue weighted by Crippen LogP contribution is -2.31. The fraction of sp³-hybridized carbons (Fsp3) is 0.778. The molecule has 6 nitrogen and oxygen atoms in total. The van der Waals surface area contributed by atoms with Crippen molar-refractivity contribution >= 4 is 0 Å². The number of hydrogen-bond donors (Lipinski definition) is 1. The Morgan fingerprint density at radius 1 is 1.53 bits per heavy atom. The number of nitrogens with zero attached hydrogens (tertiary/aromatic N) is 3. The van der Waals surface area contributed by atoms with Crippen LogP contribution in [0.25, 0.3) is 0 Å². The summed E-state index contributed by atoms with van der Waals surface area (Å²) >= 11 is 0. The van der Waals surface area contributed by atoms with E-state index in [9.17, 15) is 5.11 Å². The fourth-order valence-corrected chi connectivity index (χ4v) is 1.47. The highest BCUT2D eigenvalue weighted by atomic mass is 16.7. The van der Waals surface area contributed by atoms with E-state index >= 15 is 0 Å². The van der Waals surface area contributed by atoms with Gasteiger partial charge in [-0.3, -0.25) is 0 Å². The van der Waals surface area contributed by atoms with Crippen molar-refractivity contribution in [2.24, 2.45) is 7.05 Å². The Labute approximate surface area is 88.8 Å². The Hall–Kier alpha value is -0.980. The van der Waals surface area contributed by atoms with Crippen molar-refractivity contribution in [2.45, 2.75) is 25.2 Å². The molecule has 0 saturated carbocycles. The summed E-state index contributed by atoms with van der Waals surface area (Å²) in [6.45, 7) is 1.68. The van der Waals surface area contributed by atoms with Gasteiger partial charge in [0.1, 0.15) is 5.60 Å². The van der Waals surface area contributed by atoms with Crippen LogP contribution in [0.3, 0.4) is 0 Å². The summed E-state index contributed by atoms with van der Waals surface area (Å²) in [6.07, 6.45) is 1.40. The van der Waals surface area contributed by atoms with E-state index in [2.05, 4.69) is 10.3 Å². The Morgan fingerprint density at radius 2 is 2.13 bits per heavy atom. The molecule has 1 aromatic rings. The molecule has 0 aromatic carbocycles. The molecule has 0 bridgehead atoms. The summed E-state index contributed by atoms with van der Waals surface area (Å²) in [7, 11) is 4.79. The Morgan fingerprint density at radius 3 is 2.53 bits per heavy atom. The first-order valence-electron chi connectivity index (χ1n) is 4.64. The van der Waals surface area contributed by atoms with Gasteiger partial charge in [-0.15, -0.1) is 5.10 Å². The second-order valence-corrected chi connectivity index (χ2v) is 3.62. The Kier molecular flexibility index (Phi) is 3.78. The summed E-state index contributed by atoms with van der Waals surface area (Å²) in [5.41, 5.74) is -0.448. The highest BCUT2D eigenvalue weighted by Crippen LogP contribution is 2.25. The first kappa shape index (κ1) is 12.1. The van der Waals surface area contributed by atoms with Crippen LogP contribution in [0.5, 0.6) is 0 Å². The maximum absolute atomic E-state index is 10.2. The predicted molar refractivity (Wildman–Crippen MR) is 53.0 cm³/mol. The average molecular weight is 215 g/mol. The molecule has 1 atom stereocenters. The van der Waals surface area contributed by atoms with Gasteiger partial charge in [-0.2, -0.15) is 0 Å². The third kappa shape index (κ3) is 2.74. The van der Waals surface area contributed by atoms with Crippen molar-refractivity contribution < 1.29 is 14.6 Å². The molecule has 0 aliphatic carbocycles. The maximum atomic E-state index is 10.2. The number of aromatic nitrogens is 3. The van der Waals surface area contributed by atoms with Crippen LogP contribution in [-0.4, -0.2) is 40.6 Å². The summed E-state index contributed by atoms with van der Waals surface area (Å²) in [5, 5.41) is 17.7. The number of rotatable bonds is 5. The summed E-state index contributed by atoms with van der Waals surface area (Å²) in [4.78, 5) is 0. The molecule has 0 fully saturated rings. The average Bonchev–Trinajstić information content (AvgIpc) is 2.61. The van der Waals surface area contributed by atoms with Gasteiger partial charge in [-0.25, -0.2) is 4.68 Å². The quantitative estimate of drug-likeness (QED) is 0.702. The predicted octanol–water partition coefficient (Wildman–Crippen LogP) is 0.0316. The number of aliphatic hydroxyl groups is 1. The van der Waals surface area contributed by atoms with Gasteiger partial charge in [0.25, 0.3) is 0 Å². The van der Waals surface area contributed by atoms with Crippen molar-refractivity contribution in [1.29, 1.82) is 0 Å². The highest BCUT2D eigenvalue weighted by Gasteiger charge is 2.30. The molecule has 6 heteroatoms. The molecule has 0 spiro atoms. The van der Waals surface area contributed by atoms with Crippen LogP contribution in [0.15, 0.2) is 6.20 Å². The molecular formula is C9H17N3O3. The second-order valence-electron chi connectivity index (χ2n) is 3.62. The van der Waals surface area contributed by atoms with Crippen LogP contribution >= 0.6 is 0 Å². The van der Waals surface area contributed by atoms with E-state index in [-0.39, 0.29) is 0 Å². The minimum atomic E-state index is -1.07. The lowest BCUT2D eigenvalue weighted by atomic mass is 9.98. The van der Waals surface area contributed by atoms with Gasteiger partial charge in [-0.1, -0.05) is 5.21 Å². The SMILES string of the molecule is COC(CC(C)(O)c1cnnn1C)OC. The van der Waals surface area contributed by atoms with Gasteiger partial charge in [0.15, 0.2) is 6.29 Å². The number of aryl methyl sites for hydroxylation is 1. The molecule has 0 aliphatic rings. The topological polar surface area (TPSA) is 69.4 Å². The van der Waals surface area contributed by atoms with Gasteiger partial charge in [0.2, 0.25) is 0 Å². The largest absolute Gasteiger partial charge is 0.384 e. The van der Waals surface area contributed by atoms with Crippen LogP contribution < -0.4 is 0 Å². The second kappa shape index (κ2) is 4.69.